The van der Waals surface area contributed by atoms with E-state index in [0.29, 0.717) is 13.1 Å². The number of amides is 2. The van der Waals surface area contributed by atoms with Crippen molar-refractivity contribution in [1.82, 2.24) is 10.2 Å². The van der Waals surface area contributed by atoms with Gasteiger partial charge in [0.05, 0.1) is 5.56 Å². The van der Waals surface area contributed by atoms with E-state index in [1.54, 1.807) is 4.90 Å². The van der Waals surface area contributed by atoms with Crippen LogP contribution in [-0.2, 0) is 4.79 Å². The van der Waals surface area contributed by atoms with E-state index < -0.39 is 11.7 Å². The number of benzene rings is 1. The van der Waals surface area contributed by atoms with Gasteiger partial charge in [0.2, 0.25) is 5.91 Å². The van der Waals surface area contributed by atoms with Crippen molar-refractivity contribution < 1.29 is 19.8 Å². The minimum Gasteiger partial charge on any atom is -0.504 e. The molecule has 0 aromatic heterocycles. The average Bonchev–Trinajstić information content (AvgIpc) is 2.43. The monoisotopic (exact) mass is 280 g/mol. The second-order valence-electron chi connectivity index (χ2n) is 4.25. The Bertz CT molecular complexity index is 484. The number of carbonyl (C=O) groups excluding carboxylic acids is 2. The quantitative estimate of drug-likeness (QED) is 0.680. The van der Waals surface area contributed by atoms with Crippen molar-refractivity contribution in [3.8, 4) is 11.5 Å². The molecule has 0 fully saturated rings. The van der Waals surface area contributed by atoms with Gasteiger partial charge in [0.25, 0.3) is 5.91 Å². The smallest absolute Gasteiger partial charge is 0.255 e. The van der Waals surface area contributed by atoms with Crippen LogP contribution in [0.4, 0.5) is 0 Å². The normalized spacial score (nSPS) is 10.1. The standard InChI is InChI=1S/C14H20N2O4/c1-3-16(4-2)12(18)8-9-15-14(20)10-6-5-7-11(17)13(10)19/h5-7,17,19H,3-4,8-9H2,1-2H3,(H,15,20). The van der Waals surface area contributed by atoms with E-state index in [1.807, 2.05) is 13.8 Å². The first-order valence-electron chi connectivity index (χ1n) is 6.58. The lowest BCUT2D eigenvalue weighted by Gasteiger charge is -2.18. The summed E-state index contributed by atoms with van der Waals surface area (Å²) in [6, 6.07) is 4.15. The minimum absolute atomic E-state index is 0.0136. The summed E-state index contributed by atoms with van der Waals surface area (Å²) < 4.78 is 0. The van der Waals surface area contributed by atoms with Crippen LogP contribution >= 0.6 is 0 Å². The molecule has 6 nitrogen and oxygen atoms in total. The number of nitrogens with one attached hydrogen (secondary N) is 1. The summed E-state index contributed by atoms with van der Waals surface area (Å²) in [6.45, 7) is 5.24. The van der Waals surface area contributed by atoms with Gasteiger partial charge in [-0.05, 0) is 26.0 Å². The Kier molecular flexibility index (Phi) is 5.83. The van der Waals surface area contributed by atoms with Crippen molar-refractivity contribution in [2.45, 2.75) is 20.3 Å². The molecule has 0 aliphatic rings. The zero-order valence-corrected chi connectivity index (χ0v) is 11.7. The zero-order valence-electron chi connectivity index (χ0n) is 11.7. The summed E-state index contributed by atoms with van der Waals surface area (Å²) in [5.41, 5.74) is -0.0136. The maximum atomic E-state index is 11.8. The van der Waals surface area contributed by atoms with Crippen molar-refractivity contribution in [2.75, 3.05) is 19.6 Å². The van der Waals surface area contributed by atoms with E-state index in [4.69, 9.17) is 0 Å². The van der Waals surface area contributed by atoms with Gasteiger partial charge in [0, 0.05) is 26.1 Å². The van der Waals surface area contributed by atoms with E-state index in [0.717, 1.165) is 0 Å². The number of phenols is 2. The molecule has 1 aromatic carbocycles. The molecule has 0 aliphatic heterocycles. The third-order valence-corrected chi connectivity index (χ3v) is 3.00. The van der Waals surface area contributed by atoms with Gasteiger partial charge < -0.3 is 20.4 Å². The lowest BCUT2D eigenvalue weighted by atomic mass is 10.1. The highest BCUT2D eigenvalue weighted by molar-refractivity contribution is 5.97. The van der Waals surface area contributed by atoms with Crippen LogP contribution in [0.3, 0.4) is 0 Å². The highest BCUT2D eigenvalue weighted by Crippen LogP contribution is 2.27. The molecule has 1 aromatic rings. The van der Waals surface area contributed by atoms with E-state index >= 15 is 0 Å². The van der Waals surface area contributed by atoms with Crippen molar-refractivity contribution in [1.29, 1.82) is 0 Å². The molecule has 6 heteroatoms. The molecule has 0 saturated heterocycles. The molecule has 0 atom stereocenters. The lowest BCUT2D eigenvalue weighted by Crippen LogP contribution is -2.34. The van der Waals surface area contributed by atoms with Gasteiger partial charge in [-0.1, -0.05) is 6.07 Å². The fraction of sp³-hybridized carbons (Fsp3) is 0.429. The molecule has 110 valence electrons. The molecule has 0 spiro atoms. The topological polar surface area (TPSA) is 89.9 Å². The molecule has 0 bridgehead atoms. The Labute approximate surface area is 118 Å². The van der Waals surface area contributed by atoms with Gasteiger partial charge in [0.15, 0.2) is 11.5 Å². The fourth-order valence-corrected chi connectivity index (χ4v) is 1.83. The molecular formula is C14H20N2O4. The van der Waals surface area contributed by atoms with Crippen LogP contribution in [-0.4, -0.2) is 46.6 Å². The fourth-order valence-electron chi connectivity index (χ4n) is 1.83. The molecule has 0 saturated carbocycles. The van der Waals surface area contributed by atoms with Crippen LogP contribution in [0.5, 0.6) is 11.5 Å². The number of para-hydroxylation sites is 1. The summed E-state index contributed by atoms with van der Waals surface area (Å²) >= 11 is 0. The SMILES string of the molecule is CCN(CC)C(=O)CCNC(=O)c1cccc(O)c1O. The van der Waals surface area contributed by atoms with E-state index in [-0.39, 0.29) is 30.2 Å². The molecule has 0 heterocycles. The predicted octanol–water partition coefficient (Wildman–Crippen LogP) is 1.09. The number of rotatable bonds is 6. The molecular weight excluding hydrogens is 260 g/mol. The van der Waals surface area contributed by atoms with Gasteiger partial charge in [-0.15, -0.1) is 0 Å². The van der Waals surface area contributed by atoms with Crippen molar-refractivity contribution in [3.63, 3.8) is 0 Å². The maximum Gasteiger partial charge on any atom is 0.255 e. The Hall–Kier alpha value is -2.24. The molecule has 3 N–H and O–H groups in total. The van der Waals surface area contributed by atoms with Crippen LogP contribution in [0.25, 0.3) is 0 Å². The third kappa shape index (κ3) is 3.88. The lowest BCUT2D eigenvalue weighted by molar-refractivity contribution is -0.130. The maximum absolute atomic E-state index is 11.8. The van der Waals surface area contributed by atoms with Crippen LogP contribution < -0.4 is 5.32 Å². The zero-order chi connectivity index (χ0) is 15.1. The van der Waals surface area contributed by atoms with Crippen molar-refractivity contribution >= 4 is 11.8 Å². The molecule has 0 radical (unpaired) electrons. The summed E-state index contributed by atoms with van der Waals surface area (Å²) in [5, 5.41) is 21.4. The summed E-state index contributed by atoms with van der Waals surface area (Å²) in [7, 11) is 0. The van der Waals surface area contributed by atoms with Crippen LogP contribution in [0, 0.1) is 0 Å². The predicted molar refractivity (Wildman–Crippen MR) is 74.6 cm³/mol. The largest absolute Gasteiger partial charge is 0.504 e. The Balaban J connectivity index is 2.52. The van der Waals surface area contributed by atoms with Crippen LogP contribution in [0.1, 0.15) is 30.6 Å². The Morgan fingerprint density at radius 2 is 1.85 bits per heavy atom. The Morgan fingerprint density at radius 1 is 1.20 bits per heavy atom. The molecule has 20 heavy (non-hydrogen) atoms. The number of phenolic OH excluding ortho intramolecular Hbond substituents is 2. The van der Waals surface area contributed by atoms with Gasteiger partial charge in [-0.25, -0.2) is 0 Å². The number of hydrogen-bond acceptors (Lipinski definition) is 4. The number of nitrogens with zero attached hydrogens (tertiary/aromatic N) is 1. The van der Waals surface area contributed by atoms with Gasteiger partial charge in [-0.3, -0.25) is 9.59 Å². The molecule has 2 amide bonds. The minimum atomic E-state index is -0.522. The van der Waals surface area contributed by atoms with Crippen molar-refractivity contribution in [2.24, 2.45) is 0 Å². The van der Waals surface area contributed by atoms with E-state index in [9.17, 15) is 19.8 Å². The molecule has 0 aliphatic carbocycles. The molecule has 0 unspecified atom stereocenters. The van der Waals surface area contributed by atoms with Crippen LogP contribution in [0.2, 0.25) is 0 Å². The second-order valence-corrected chi connectivity index (χ2v) is 4.25. The summed E-state index contributed by atoms with van der Waals surface area (Å²) in [4.78, 5) is 25.2. The highest BCUT2D eigenvalue weighted by Gasteiger charge is 2.14. The average molecular weight is 280 g/mol. The summed E-state index contributed by atoms with van der Waals surface area (Å²) in [6.07, 6.45) is 0.201. The van der Waals surface area contributed by atoms with E-state index in [1.165, 1.54) is 18.2 Å². The number of aromatic hydroxyl groups is 2. The first-order chi connectivity index (χ1) is 9.51. The number of hydrogen-bond donors (Lipinski definition) is 3. The highest BCUT2D eigenvalue weighted by atomic mass is 16.3. The number of carbonyl (C=O) groups is 2. The second kappa shape index (κ2) is 7.37. The molecule has 1 rings (SSSR count). The van der Waals surface area contributed by atoms with Gasteiger partial charge in [-0.2, -0.15) is 0 Å². The van der Waals surface area contributed by atoms with Crippen LogP contribution in [0.15, 0.2) is 18.2 Å². The van der Waals surface area contributed by atoms with Gasteiger partial charge in [0.1, 0.15) is 0 Å². The van der Waals surface area contributed by atoms with Gasteiger partial charge >= 0.3 is 0 Å². The first kappa shape index (κ1) is 15.8. The van der Waals surface area contributed by atoms with E-state index in [2.05, 4.69) is 5.32 Å². The summed E-state index contributed by atoms with van der Waals surface area (Å²) in [5.74, 6) is -1.36. The Morgan fingerprint density at radius 3 is 2.45 bits per heavy atom. The van der Waals surface area contributed by atoms with Crippen molar-refractivity contribution in [3.05, 3.63) is 23.8 Å². The first-order valence-corrected chi connectivity index (χ1v) is 6.58. The third-order valence-electron chi connectivity index (χ3n) is 3.00.